The Morgan fingerprint density at radius 3 is 2.86 bits per heavy atom. The molecule has 0 bridgehead atoms. The van der Waals surface area contributed by atoms with Gasteiger partial charge in [0, 0.05) is 16.7 Å². The summed E-state index contributed by atoms with van der Waals surface area (Å²) < 4.78 is 28.2. The van der Waals surface area contributed by atoms with Crippen LogP contribution in [0.2, 0.25) is 0 Å². The van der Waals surface area contributed by atoms with Crippen LogP contribution in [0.1, 0.15) is 11.3 Å². The van der Waals surface area contributed by atoms with Gasteiger partial charge in [0.25, 0.3) is 10.0 Å². The Labute approximate surface area is 132 Å². The molecule has 0 atom stereocenters. The summed E-state index contributed by atoms with van der Waals surface area (Å²) in [5.74, 6) is 0.314. The highest BCUT2D eigenvalue weighted by Crippen LogP contribution is 2.26. The third-order valence-corrected chi connectivity index (χ3v) is 5.55. The van der Waals surface area contributed by atoms with Crippen molar-refractivity contribution < 1.29 is 8.42 Å². The number of benzene rings is 1. The fraction of sp³-hybridized carbons (Fsp3) is 0.214. The van der Waals surface area contributed by atoms with Crippen LogP contribution in [0.4, 0.5) is 11.5 Å². The molecule has 0 fully saturated rings. The molecule has 0 aliphatic carbocycles. The van der Waals surface area contributed by atoms with Gasteiger partial charge in [-0.15, -0.1) is 0 Å². The van der Waals surface area contributed by atoms with Crippen molar-refractivity contribution in [2.75, 3.05) is 16.6 Å². The Morgan fingerprint density at radius 2 is 2.10 bits per heavy atom. The van der Waals surface area contributed by atoms with E-state index in [4.69, 9.17) is 0 Å². The monoisotopic (exact) mass is 367 g/mol. The summed E-state index contributed by atoms with van der Waals surface area (Å²) in [5.41, 5.74) is 2.76. The summed E-state index contributed by atoms with van der Waals surface area (Å²) in [5, 5.41) is 3.21. The second-order valence-electron chi connectivity index (χ2n) is 4.86. The average molecular weight is 368 g/mol. The summed E-state index contributed by atoms with van der Waals surface area (Å²) >= 11 is 3.34. The molecule has 1 aromatic carbocycles. The lowest BCUT2D eigenvalue weighted by Crippen LogP contribution is -2.14. The fourth-order valence-corrected chi connectivity index (χ4v) is 3.52. The lowest BCUT2D eigenvalue weighted by atomic mass is 10.2. The molecule has 0 spiro atoms. The quantitative estimate of drug-likeness (QED) is 0.874. The molecule has 0 radical (unpaired) electrons. The standard InChI is InChI=1S/C14H14BrN3O2S/c1-9-12(15)3-5-14(17-9)18-21(19,20)11-2-4-13-10(8-11)6-7-16-13/h2-5,8,16H,6-7H2,1H3,(H,17,18). The highest BCUT2D eigenvalue weighted by molar-refractivity contribution is 9.10. The van der Waals surface area contributed by atoms with Crippen LogP contribution in [0.25, 0.3) is 0 Å². The average Bonchev–Trinajstić information content (AvgIpc) is 2.90. The van der Waals surface area contributed by atoms with E-state index in [0.717, 1.165) is 34.4 Å². The molecule has 3 rings (SSSR count). The molecule has 1 aliphatic rings. The van der Waals surface area contributed by atoms with Gasteiger partial charge in [-0.3, -0.25) is 4.72 Å². The van der Waals surface area contributed by atoms with Crippen molar-refractivity contribution in [2.24, 2.45) is 0 Å². The zero-order valence-electron chi connectivity index (χ0n) is 11.4. The van der Waals surface area contributed by atoms with Gasteiger partial charge < -0.3 is 5.32 Å². The van der Waals surface area contributed by atoms with Crippen molar-refractivity contribution in [1.29, 1.82) is 0 Å². The molecular formula is C14H14BrN3O2S. The molecule has 110 valence electrons. The van der Waals surface area contributed by atoms with E-state index in [1.165, 1.54) is 0 Å². The van der Waals surface area contributed by atoms with Gasteiger partial charge in [0.2, 0.25) is 0 Å². The van der Waals surface area contributed by atoms with Crippen molar-refractivity contribution in [2.45, 2.75) is 18.2 Å². The van der Waals surface area contributed by atoms with Crippen LogP contribution in [-0.4, -0.2) is 19.9 Å². The molecule has 0 saturated carbocycles. The largest absolute Gasteiger partial charge is 0.384 e. The van der Waals surface area contributed by atoms with E-state index in [1.54, 1.807) is 30.3 Å². The topological polar surface area (TPSA) is 71.1 Å². The third-order valence-electron chi connectivity index (χ3n) is 3.36. The Bertz CT molecular complexity index is 806. The zero-order valence-corrected chi connectivity index (χ0v) is 13.8. The first kappa shape index (κ1) is 14.3. The number of halogens is 1. The van der Waals surface area contributed by atoms with Crippen molar-refractivity contribution in [3.63, 3.8) is 0 Å². The number of sulfonamides is 1. The van der Waals surface area contributed by atoms with E-state index in [2.05, 4.69) is 31.0 Å². The van der Waals surface area contributed by atoms with Crippen molar-refractivity contribution in [3.8, 4) is 0 Å². The number of aryl methyl sites for hydroxylation is 1. The molecule has 0 amide bonds. The second-order valence-corrected chi connectivity index (χ2v) is 7.40. The van der Waals surface area contributed by atoms with Gasteiger partial charge >= 0.3 is 0 Å². The number of hydrogen-bond acceptors (Lipinski definition) is 4. The van der Waals surface area contributed by atoms with Gasteiger partial charge in [0.1, 0.15) is 5.82 Å². The number of fused-ring (bicyclic) bond motifs is 1. The minimum absolute atomic E-state index is 0.257. The van der Waals surface area contributed by atoms with Gasteiger partial charge in [0.05, 0.1) is 10.6 Å². The molecule has 21 heavy (non-hydrogen) atoms. The van der Waals surface area contributed by atoms with E-state index in [-0.39, 0.29) is 4.90 Å². The third kappa shape index (κ3) is 2.89. The van der Waals surface area contributed by atoms with E-state index in [1.807, 2.05) is 6.92 Å². The first-order valence-corrected chi connectivity index (χ1v) is 8.76. The van der Waals surface area contributed by atoms with Gasteiger partial charge in [-0.2, -0.15) is 0 Å². The summed E-state index contributed by atoms with van der Waals surface area (Å²) in [4.78, 5) is 4.46. The van der Waals surface area contributed by atoms with E-state index >= 15 is 0 Å². The Balaban J connectivity index is 1.91. The predicted molar refractivity (Wildman–Crippen MR) is 86.1 cm³/mol. The van der Waals surface area contributed by atoms with Crippen LogP contribution in [0, 0.1) is 6.92 Å². The number of anilines is 2. The molecule has 2 N–H and O–H groups in total. The fourth-order valence-electron chi connectivity index (χ4n) is 2.25. The maximum absolute atomic E-state index is 12.4. The van der Waals surface area contributed by atoms with Crippen LogP contribution in [0.15, 0.2) is 39.7 Å². The maximum Gasteiger partial charge on any atom is 0.263 e. The molecule has 0 saturated heterocycles. The van der Waals surface area contributed by atoms with E-state index in [9.17, 15) is 8.42 Å². The lowest BCUT2D eigenvalue weighted by Gasteiger charge is -2.09. The Hall–Kier alpha value is -1.60. The predicted octanol–water partition coefficient (Wildman–Crippen LogP) is 2.92. The van der Waals surface area contributed by atoms with Gasteiger partial charge in [-0.1, -0.05) is 0 Å². The molecular weight excluding hydrogens is 354 g/mol. The highest BCUT2D eigenvalue weighted by atomic mass is 79.9. The first-order chi connectivity index (χ1) is 9.95. The smallest absolute Gasteiger partial charge is 0.263 e. The summed E-state index contributed by atoms with van der Waals surface area (Å²) in [7, 11) is -3.62. The van der Waals surface area contributed by atoms with Gasteiger partial charge in [-0.05, 0) is 65.2 Å². The Kier molecular flexibility index (Phi) is 3.62. The number of hydrogen-bond donors (Lipinski definition) is 2. The zero-order chi connectivity index (χ0) is 15.0. The molecule has 5 nitrogen and oxygen atoms in total. The van der Waals surface area contributed by atoms with Crippen molar-refractivity contribution >= 4 is 37.5 Å². The second kappa shape index (κ2) is 5.31. The molecule has 1 aromatic heterocycles. The van der Waals surface area contributed by atoms with E-state index < -0.39 is 10.0 Å². The Morgan fingerprint density at radius 1 is 1.29 bits per heavy atom. The molecule has 1 aliphatic heterocycles. The van der Waals surface area contributed by atoms with Crippen LogP contribution in [0.5, 0.6) is 0 Å². The van der Waals surface area contributed by atoms with Gasteiger partial charge in [0.15, 0.2) is 0 Å². The lowest BCUT2D eigenvalue weighted by molar-refractivity contribution is 0.601. The number of nitrogens with zero attached hydrogens (tertiary/aromatic N) is 1. The molecule has 2 aromatic rings. The van der Waals surface area contributed by atoms with Crippen LogP contribution in [0.3, 0.4) is 0 Å². The molecule has 7 heteroatoms. The normalized spacial score (nSPS) is 13.6. The van der Waals surface area contributed by atoms with Crippen molar-refractivity contribution in [3.05, 3.63) is 46.1 Å². The van der Waals surface area contributed by atoms with E-state index in [0.29, 0.717) is 5.82 Å². The number of pyridine rings is 1. The number of nitrogens with one attached hydrogen (secondary N) is 2. The molecule has 2 heterocycles. The van der Waals surface area contributed by atoms with Crippen LogP contribution >= 0.6 is 15.9 Å². The summed E-state index contributed by atoms with van der Waals surface area (Å²) in [6, 6.07) is 8.52. The summed E-state index contributed by atoms with van der Waals surface area (Å²) in [6.07, 6.45) is 0.842. The summed E-state index contributed by atoms with van der Waals surface area (Å²) in [6.45, 7) is 2.66. The minimum Gasteiger partial charge on any atom is -0.384 e. The molecule has 0 unspecified atom stereocenters. The highest BCUT2D eigenvalue weighted by Gasteiger charge is 2.19. The van der Waals surface area contributed by atoms with Crippen LogP contribution < -0.4 is 10.0 Å². The first-order valence-electron chi connectivity index (χ1n) is 6.48. The van der Waals surface area contributed by atoms with Crippen molar-refractivity contribution in [1.82, 2.24) is 4.98 Å². The maximum atomic E-state index is 12.4. The SMILES string of the molecule is Cc1nc(NS(=O)(=O)c2ccc3c(c2)CCN3)ccc1Br. The van der Waals surface area contributed by atoms with Gasteiger partial charge in [-0.25, -0.2) is 13.4 Å². The number of rotatable bonds is 3. The minimum atomic E-state index is -3.62. The number of aromatic nitrogens is 1. The van der Waals surface area contributed by atoms with Crippen LogP contribution in [-0.2, 0) is 16.4 Å².